The molecule has 2 aliphatic heterocycles. The molecule has 41 heavy (non-hydrogen) atoms. The van der Waals surface area contributed by atoms with Crippen LogP contribution in [0, 0.1) is 0 Å². The Morgan fingerprint density at radius 3 is 2.02 bits per heavy atom. The number of β-lactam (4-membered cyclic amide) rings is 1. The average Bonchev–Trinajstić information content (AvgIpc) is 3.34. The zero-order valence-corrected chi connectivity index (χ0v) is 25.6. The van der Waals surface area contributed by atoms with Crippen molar-refractivity contribution < 1.29 is 23.4 Å². The molecule has 0 N–H and O–H groups in total. The van der Waals surface area contributed by atoms with E-state index >= 15 is 0 Å². The maximum absolute atomic E-state index is 14.6. The molecule has 5 rings (SSSR count). The molecular weight excluding hydrogens is 626 g/mol. The molecule has 2 atom stereocenters. The van der Waals surface area contributed by atoms with Crippen LogP contribution in [-0.4, -0.2) is 43.6 Å². The molecule has 3 aromatic rings. The van der Waals surface area contributed by atoms with Crippen molar-refractivity contribution >= 4 is 81.5 Å². The molecular formula is C29H24Cl3N2O5PS. The van der Waals surface area contributed by atoms with Gasteiger partial charge in [-0.3, -0.25) is 19.3 Å². The summed E-state index contributed by atoms with van der Waals surface area (Å²) in [6.07, 6.45) is 0.545. The zero-order chi connectivity index (χ0) is 29.2. The van der Waals surface area contributed by atoms with E-state index in [1.165, 1.54) is 23.6 Å². The first-order valence-electron chi connectivity index (χ1n) is 12.5. The van der Waals surface area contributed by atoms with E-state index in [2.05, 4.69) is 4.99 Å². The highest BCUT2D eigenvalue weighted by atomic mass is 35.6. The summed E-state index contributed by atoms with van der Waals surface area (Å²) in [6, 6.07) is 26.4. The summed E-state index contributed by atoms with van der Waals surface area (Å²) >= 11 is 18.9. The van der Waals surface area contributed by atoms with Crippen LogP contribution in [0.5, 0.6) is 0 Å². The normalized spacial score (nSPS) is 19.1. The minimum atomic E-state index is -3.77. The number of aliphatic imine (C=N–C) groups is 1. The molecule has 3 aromatic carbocycles. The molecule has 1 fully saturated rings. The van der Waals surface area contributed by atoms with E-state index in [4.69, 9.17) is 44.1 Å². The smallest absolute Gasteiger partial charge is 0.358 e. The molecule has 2 heterocycles. The van der Waals surface area contributed by atoms with Crippen LogP contribution in [-0.2, 0) is 29.8 Å². The van der Waals surface area contributed by atoms with Gasteiger partial charge in [0.15, 0.2) is 11.7 Å². The van der Waals surface area contributed by atoms with Gasteiger partial charge in [-0.2, -0.15) is 0 Å². The summed E-state index contributed by atoms with van der Waals surface area (Å²) in [4.78, 5) is 32.7. The van der Waals surface area contributed by atoms with Crippen molar-refractivity contribution in [2.45, 2.75) is 28.6 Å². The molecule has 2 aliphatic rings. The number of alkyl halides is 3. The number of halogens is 3. The second-order valence-electron chi connectivity index (χ2n) is 9.26. The van der Waals surface area contributed by atoms with Crippen molar-refractivity contribution in [3.05, 3.63) is 108 Å². The molecule has 7 nitrogen and oxygen atoms in total. The quantitative estimate of drug-likeness (QED) is 0.0706. The number of nitrogens with zero attached hydrogens (tertiary/aromatic N) is 2. The second-order valence-corrected chi connectivity index (χ2v) is 15.3. The number of benzene rings is 3. The lowest BCUT2D eigenvalue weighted by Crippen LogP contribution is -2.61. The maximum atomic E-state index is 14.6. The number of fused-ring (bicyclic) bond motifs is 1. The third kappa shape index (κ3) is 6.52. The number of thioether (sulfide) groups is 1. The van der Waals surface area contributed by atoms with Crippen molar-refractivity contribution in [2.75, 3.05) is 6.61 Å². The van der Waals surface area contributed by atoms with Gasteiger partial charge in [0.1, 0.15) is 17.7 Å². The first-order chi connectivity index (χ1) is 19.6. The molecule has 0 saturated carbocycles. The fourth-order valence-electron chi connectivity index (χ4n) is 4.47. The van der Waals surface area contributed by atoms with Gasteiger partial charge < -0.3 is 9.26 Å². The number of hydrogen-bond donors (Lipinski definition) is 0. The van der Waals surface area contributed by atoms with E-state index < -0.39 is 41.1 Å². The van der Waals surface area contributed by atoms with Crippen LogP contribution in [0.4, 0.5) is 0 Å². The van der Waals surface area contributed by atoms with Crippen LogP contribution in [0.3, 0.4) is 0 Å². The van der Waals surface area contributed by atoms with Gasteiger partial charge in [0.05, 0.1) is 15.7 Å². The van der Waals surface area contributed by atoms with Crippen molar-refractivity contribution in [1.29, 1.82) is 0 Å². The molecule has 0 aliphatic carbocycles. The number of amides is 1. The fraction of sp³-hybridized carbons (Fsp3) is 0.207. The van der Waals surface area contributed by atoms with Crippen molar-refractivity contribution in [3.63, 3.8) is 0 Å². The van der Waals surface area contributed by atoms with E-state index in [9.17, 15) is 14.2 Å². The Balaban J connectivity index is 1.50. The number of allylic oxidation sites excluding steroid dienone is 1. The number of ether oxygens (including phenoxy) is 1. The van der Waals surface area contributed by atoms with Crippen LogP contribution >= 0.6 is 53.9 Å². The van der Waals surface area contributed by atoms with E-state index in [1.54, 1.807) is 60.7 Å². The summed E-state index contributed by atoms with van der Waals surface area (Å²) < 4.78 is 24.2. The molecule has 1 saturated heterocycles. The topological polar surface area (TPSA) is 85.3 Å². The van der Waals surface area contributed by atoms with Crippen LogP contribution in [0.15, 0.2) is 107 Å². The van der Waals surface area contributed by atoms with Crippen molar-refractivity contribution in [2.24, 2.45) is 4.99 Å². The van der Waals surface area contributed by atoms with Gasteiger partial charge in [-0.15, -0.1) is 0 Å². The molecule has 2 unspecified atom stereocenters. The zero-order valence-electron chi connectivity index (χ0n) is 21.7. The molecule has 12 heteroatoms. The molecule has 0 spiro atoms. The Hall–Kier alpha value is -2.74. The Morgan fingerprint density at radius 2 is 1.49 bits per heavy atom. The molecule has 0 radical (unpaired) electrons. The average molecular weight is 650 g/mol. The predicted octanol–water partition coefficient (Wildman–Crippen LogP) is 6.00. The van der Waals surface area contributed by atoms with Crippen LogP contribution in [0.2, 0.25) is 0 Å². The second kappa shape index (κ2) is 12.2. The van der Waals surface area contributed by atoms with Gasteiger partial charge in [0.2, 0.25) is 3.79 Å². The SMILES string of the molecule is CC(OP(=O)(c1ccccc1)c1ccccc1)=C(C(=O)OCC(Cl)(Cl)Cl)N1C(=O)C2N=C(Cc3ccccc3)SC21. The highest BCUT2D eigenvalue weighted by molar-refractivity contribution is 8.14. The van der Waals surface area contributed by atoms with Gasteiger partial charge >= 0.3 is 13.3 Å². The minimum absolute atomic E-state index is 0.0701. The van der Waals surface area contributed by atoms with E-state index in [0.717, 1.165) is 10.6 Å². The maximum Gasteiger partial charge on any atom is 0.358 e. The first-order valence-corrected chi connectivity index (χ1v) is 16.2. The van der Waals surface area contributed by atoms with E-state index in [-0.39, 0.29) is 11.5 Å². The van der Waals surface area contributed by atoms with Gasteiger partial charge in [0.25, 0.3) is 5.91 Å². The number of rotatable bonds is 9. The lowest BCUT2D eigenvalue weighted by atomic mass is 10.1. The number of likely N-dealkylation sites (tertiary alicyclic amines) is 1. The van der Waals surface area contributed by atoms with Crippen molar-refractivity contribution in [1.82, 2.24) is 4.90 Å². The summed E-state index contributed by atoms with van der Waals surface area (Å²) in [7, 11) is -3.77. The number of carbonyl (C=O) groups is 2. The van der Waals surface area contributed by atoms with Gasteiger partial charge in [-0.25, -0.2) is 4.79 Å². The molecule has 1 amide bonds. The van der Waals surface area contributed by atoms with Crippen LogP contribution < -0.4 is 10.6 Å². The number of esters is 1. The highest BCUT2D eigenvalue weighted by Gasteiger charge is 2.56. The summed E-state index contributed by atoms with van der Waals surface area (Å²) in [5.74, 6) is -1.44. The Morgan fingerprint density at radius 1 is 0.951 bits per heavy atom. The first kappa shape index (κ1) is 29.7. The van der Waals surface area contributed by atoms with Crippen LogP contribution in [0.1, 0.15) is 12.5 Å². The van der Waals surface area contributed by atoms with Gasteiger partial charge in [-0.05, 0) is 36.8 Å². The Labute approximate surface area is 256 Å². The third-order valence-corrected chi connectivity index (χ3v) is 10.4. The highest BCUT2D eigenvalue weighted by Crippen LogP contribution is 2.49. The summed E-state index contributed by atoms with van der Waals surface area (Å²) in [5, 5.41) is 1.07. The third-order valence-electron chi connectivity index (χ3n) is 6.35. The Kier molecular flexibility index (Phi) is 8.88. The number of hydrogen-bond acceptors (Lipinski definition) is 7. The lowest BCUT2D eigenvalue weighted by molar-refractivity contribution is -0.150. The molecule has 0 bridgehead atoms. The summed E-state index contributed by atoms with van der Waals surface area (Å²) in [5.41, 5.74) is 0.823. The standard InChI is InChI=1S/C29H24Cl3N2O5PS/c1-19(39-40(37,21-13-7-3-8-14-21)22-15-9-4-10-16-22)25(28(36)38-18-29(30,31)32)34-26(35)24-27(34)41-23(33-24)17-20-11-5-2-6-12-20/h2-16,24,27H,17-18H2,1H3. The fourth-order valence-corrected chi connectivity index (χ4v) is 8.07. The van der Waals surface area contributed by atoms with Crippen LogP contribution in [0.25, 0.3) is 0 Å². The summed E-state index contributed by atoms with van der Waals surface area (Å²) in [6.45, 7) is 0.901. The van der Waals surface area contributed by atoms with Gasteiger partial charge in [0, 0.05) is 6.42 Å². The van der Waals surface area contributed by atoms with Gasteiger partial charge in [-0.1, -0.05) is 113 Å². The molecule has 0 aromatic heterocycles. The lowest BCUT2D eigenvalue weighted by Gasteiger charge is -2.42. The number of carbonyl (C=O) groups excluding carboxylic acids is 2. The monoisotopic (exact) mass is 648 g/mol. The van der Waals surface area contributed by atoms with Crippen molar-refractivity contribution in [3.8, 4) is 0 Å². The van der Waals surface area contributed by atoms with E-state index in [1.807, 2.05) is 30.3 Å². The minimum Gasteiger partial charge on any atom is -0.456 e. The van der Waals surface area contributed by atoms with E-state index in [0.29, 0.717) is 17.0 Å². The largest absolute Gasteiger partial charge is 0.456 e. The Bertz CT molecular complexity index is 1510. The molecule has 212 valence electrons. The predicted molar refractivity (Wildman–Crippen MR) is 164 cm³/mol.